The van der Waals surface area contributed by atoms with E-state index < -0.39 is 0 Å². The number of likely N-dealkylation sites (N-methyl/N-ethyl adjacent to an activating group) is 1. The van der Waals surface area contributed by atoms with Crippen LogP contribution in [0.1, 0.15) is 68.9 Å². The fourth-order valence-electron chi connectivity index (χ4n) is 4.46. The zero-order valence-corrected chi connectivity index (χ0v) is 19.4. The van der Waals surface area contributed by atoms with Crippen molar-refractivity contribution in [3.63, 3.8) is 0 Å². The largest absolute Gasteiger partial charge is 0.367 e. The van der Waals surface area contributed by atoms with Crippen LogP contribution >= 0.6 is 11.6 Å². The molecule has 0 bridgehead atoms. The van der Waals surface area contributed by atoms with E-state index in [2.05, 4.69) is 10.2 Å². The van der Waals surface area contributed by atoms with E-state index in [1.165, 1.54) is 0 Å². The van der Waals surface area contributed by atoms with Gasteiger partial charge in [0.15, 0.2) is 0 Å². The molecule has 0 radical (unpaired) electrons. The molecule has 0 aliphatic carbocycles. The molecule has 1 unspecified atom stereocenters. The van der Waals surface area contributed by atoms with E-state index in [0.717, 1.165) is 49.2 Å². The van der Waals surface area contributed by atoms with E-state index in [1.54, 1.807) is 4.90 Å². The number of hydrogen-bond acceptors (Lipinski definition) is 4. The Bertz CT molecular complexity index is 875. The van der Waals surface area contributed by atoms with Crippen molar-refractivity contribution in [2.45, 2.75) is 57.8 Å². The highest BCUT2D eigenvalue weighted by molar-refractivity contribution is 6.32. The van der Waals surface area contributed by atoms with E-state index >= 15 is 0 Å². The average molecular weight is 446 g/mol. The maximum absolute atomic E-state index is 12.8. The van der Waals surface area contributed by atoms with Gasteiger partial charge in [-0.15, -0.1) is 0 Å². The first-order chi connectivity index (χ1) is 14.9. The molecule has 2 aliphatic rings. The molecule has 1 atom stereocenters. The number of piperidine rings is 2. The number of imide groups is 1. The number of rotatable bonds is 6. The number of allylic oxidation sites excluding steroid dienone is 1. The number of carbonyl (C=O) groups is 3. The van der Waals surface area contributed by atoms with Crippen molar-refractivity contribution < 1.29 is 14.4 Å². The predicted molar refractivity (Wildman–Crippen MR) is 122 cm³/mol. The molecule has 0 aromatic heterocycles. The SMILES string of the molecule is CC/C=C(\C(=O)N(C)CC)N1CCC(c2cccc(C3CCC(=O)NC3=O)c2Cl)CC1. The van der Waals surface area contributed by atoms with Gasteiger partial charge in [-0.05, 0) is 49.7 Å². The predicted octanol–water partition coefficient (Wildman–Crippen LogP) is 3.81. The molecule has 2 fully saturated rings. The van der Waals surface area contributed by atoms with Gasteiger partial charge < -0.3 is 9.80 Å². The lowest BCUT2D eigenvalue weighted by Crippen LogP contribution is -2.40. The van der Waals surface area contributed by atoms with Crippen LogP contribution in [0.25, 0.3) is 0 Å². The van der Waals surface area contributed by atoms with E-state index in [1.807, 2.05) is 45.2 Å². The first-order valence-electron chi connectivity index (χ1n) is 11.2. The summed E-state index contributed by atoms with van der Waals surface area (Å²) < 4.78 is 0. The number of likely N-dealkylation sites (tertiary alicyclic amines) is 1. The van der Waals surface area contributed by atoms with Crippen LogP contribution in [0.2, 0.25) is 5.02 Å². The van der Waals surface area contributed by atoms with Gasteiger partial charge in [-0.2, -0.15) is 0 Å². The lowest BCUT2D eigenvalue weighted by Gasteiger charge is -2.36. The number of nitrogens with zero attached hydrogens (tertiary/aromatic N) is 2. The first kappa shape index (κ1) is 23.3. The smallest absolute Gasteiger partial charge is 0.269 e. The molecule has 2 saturated heterocycles. The Morgan fingerprint density at radius 3 is 2.48 bits per heavy atom. The third-order valence-electron chi connectivity index (χ3n) is 6.39. The molecule has 2 heterocycles. The van der Waals surface area contributed by atoms with E-state index in [-0.39, 0.29) is 29.6 Å². The summed E-state index contributed by atoms with van der Waals surface area (Å²) >= 11 is 6.79. The summed E-state index contributed by atoms with van der Waals surface area (Å²) in [5.74, 6) is -0.524. The maximum Gasteiger partial charge on any atom is 0.269 e. The molecular weight excluding hydrogens is 414 g/mol. The van der Waals surface area contributed by atoms with E-state index in [9.17, 15) is 14.4 Å². The van der Waals surface area contributed by atoms with Crippen LogP contribution in [0.15, 0.2) is 30.0 Å². The highest BCUT2D eigenvalue weighted by Gasteiger charge is 2.32. The minimum absolute atomic E-state index is 0.0701. The van der Waals surface area contributed by atoms with Crippen molar-refractivity contribution in [1.82, 2.24) is 15.1 Å². The Kier molecular flexibility index (Phi) is 7.76. The lowest BCUT2D eigenvalue weighted by atomic mass is 9.84. The van der Waals surface area contributed by atoms with Crippen molar-refractivity contribution >= 4 is 29.3 Å². The van der Waals surface area contributed by atoms with Crippen LogP contribution in [0.4, 0.5) is 0 Å². The van der Waals surface area contributed by atoms with Gasteiger partial charge in [0, 0.05) is 38.1 Å². The summed E-state index contributed by atoms with van der Waals surface area (Å²) in [6.07, 6.45) is 5.45. The summed E-state index contributed by atoms with van der Waals surface area (Å²) in [5, 5.41) is 3.06. The molecule has 2 aliphatic heterocycles. The Balaban J connectivity index is 1.74. The molecule has 3 rings (SSSR count). The van der Waals surface area contributed by atoms with Crippen molar-refractivity contribution in [2.75, 3.05) is 26.7 Å². The standard InChI is InChI=1S/C24H32ClN3O3/c1-4-7-20(24(31)27(3)5-2)28-14-12-16(13-15-28)17-8-6-9-18(22(17)25)19-10-11-21(29)26-23(19)30/h6-9,16,19H,4-5,10-15H2,1-3H3,(H,26,29,30)/b20-7+. The highest BCUT2D eigenvalue weighted by Crippen LogP contribution is 2.39. The minimum atomic E-state index is -0.383. The molecule has 1 aromatic carbocycles. The van der Waals surface area contributed by atoms with Gasteiger partial charge in [-0.1, -0.05) is 42.8 Å². The molecule has 6 nitrogen and oxygen atoms in total. The van der Waals surface area contributed by atoms with Gasteiger partial charge in [0.2, 0.25) is 11.8 Å². The highest BCUT2D eigenvalue weighted by atomic mass is 35.5. The van der Waals surface area contributed by atoms with Crippen LogP contribution in [-0.4, -0.2) is 54.2 Å². The van der Waals surface area contributed by atoms with Gasteiger partial charge in [0.25, 0.3) is 5.91 Å². The number of hydrogen-bond donors (Lipinski definition) is 1. The quantitative estimate of drug-likeness (QED) is 0.534. The number of nitrogens with one attached hydrogen (secondary N) is 1. The number of benzene rings is 1. The van der Waals surface area contributed by atoms with Crippen LogP contribution in [0.5, 0.6) is 0 Å². The third-order valence-corrected chi connectivity index (χ3v) is 6.82. The molecule has 1 aromatic rings. The third kappa shape index (κ3) is 5.12. The van der Waals surface area contributed by atoms with Crippen LogP contribution in [0.3, 0.4) is 0 Å². The van der Waals surface area contributed by atoms with Crippen molar-refractivity contribution in [3.05, 3.63) is 46.1 Å². The zero-order chi connectivity index (χ0) is 22.5. The summed E-state index contributed by atoms with van der Waals surface area (Å²) in [5.41, 5.74) is 2.65. The molecule has 3 amide bonds. The van der Waals surface area contributed by atoms with Gasteiger partial charge in [-0.25, -0.2) is 0 Å². The fraction of sp³-hybridized carbons (Fsp3) is 0.542. The summed E-state index contributed by atoms with van der Waals surface area (Å²) in [6, 6.07) is 5.88. The molecule has 0 saturated carbocycles. The maximum atomic E-state index is 12.8. The first-order valence-corrected chi connectivity index (χ1v) is 11.6. The van der Waals surface area contributed by atoms with Crippen molar-refractivity contribution in [2.24, 2.45) is 0 Å². The number of amides is 3. The molecule has 7 heteroatoms. The number of halogens is 1. The van der Waals surface area contributed by atoms with Crippen LogP contribution in [0, 0.1) is 0 Å². The van der Waals surface area contributed by atoms with Gasteiger partial charge in [-0.3, -0.25) is 19.7 Å². The lowest BCUT2D eigenvalue weighted by molar-refractivity contribution is -0.134. The van der Waals surface area contributed by atoms with Crippen molar-refractivity contribution in [3.8, 4) is 0 Å². The van der Waals surface area contributed by atoms with Crippen LogP contribution in [-0.2, 0) is 14.4 Å². The van der Waals surface area contributed by atoms with Gasteiger partial charge >= 0.3 is 0 Å². The molecule has 168 valence electrons. The normalized spacial score (nSPS) is 20.6. The van der Waals surface area contributed by atoms with Crippen molar-refractivity contribution in [1.29, 1.82) is 0 Å². The molecule has 0 spiro atoms. The minimum Gasteiger partial charge on any atom is -0.367 e. The Morgan fingerprint density at radius 2 is 1.87 bits per heavy atom. The van der Waals surface area contributed by atoms with Crippen LogP contribution < -0.4 is 5.32 Å². The second-order valence-electron chi connectivity index (χ2n) is 8.33. The molecular formula is C24H32ClN3O3. The Hall–Kier alpha value is -2.34. The Labute approximate surface area is 189 Å². The average Bonchev–Trinajstić information content (AvgIpc) is 2.77. The van der Waals surface area contributed by atoms with E-state index in [0.29, 0.717) is 24.4 Å². The molecule has 31 heavy (non-hydrogen) atoms. The summed E-state index contributed by atoms with van der Waals surface area (Å²) in [6.45, 7) is 6.29. The zero-order valence-electron chi connectivity index (χ0n) is 18.6. The summed E-state index contributed by atoms with van der Waals surface area (Å²) in [4.78, 5) is 40.5. The van der Waals surface area contributed by atoms with Gasteiger partial charge in [0.1, 0.15) is 0 Å². The number of carbonyl (C=O) groups excluding carboxylic acids is 3. The second-order valence-corrected chi connectivity index (χ2v) is 8.71. The van der Waals surface area contributed by atoms with E-state index in [4.69, 9.17) is 11.6 Å². The Morgan fingerprint density at radius 1 is 1.19 bits per heavy atom. The molecule has 1 N–H and O–H groups in total. The van der Waals surface area contributed by atoms with Gasteiger partial charge in [0.05, 0.1) is 11.6 Å². The topological polar surface area (TPSA) is 69.7 Å². The second kappa shape index (κ2) is 10.3. The summed E-state index contributed by atoms with van der Waals surface area (Å²) in [7, 11) is 1.83. The monoisotopic (exact) mass is 445 g/mol. The fourth-order valence-corrected chi connectivity index (χ4v) is 4.87.